The van der Waals surface area contributed by atoms with Crippen molar-refractivity contribution in [2.75, 3.05) is 11.9 Å². The second-order valence-corrected chi connectivity index (χ2v) is 6.51. The van der Waals surface area contributed by atoms with Gasteiger partial charge in [0.05, 0.1) is 35.7 Å². The van der Waals surface area contributed by atoms with Crippen LogP contribution >= 0.6 is 15.9 Å². The first-order valence-electron chi connectivity index (χ1n) is 7.79. The lowest BCUT2D eigenvalue weighted by Crippen LogP contribution is -2.15. The number of carbonyl (C=O) groups excluding carboxylic acids is 1. The first-order valence-corrected chi connectivity index (χ1v) is 8.58. The van der Waals surface area contributed by atoms with Gasteiger partial charge in [0.15, 0.2) is 0 Å². The topological polar surface area (TPSA) is 50.7 Å². The Hall–Kier alpha value is -2.35. The first kappa shape index (κ1) is 18.4. The summed E-state index contributed by atoms with van der Waals surface area (Å²) in [5, 5.41) is 2.50. The van der Waals surface area contributed by atoms with Crippen LogP contribution in [-0.4, -0.2) is 18.2 Å². The molecule has 2 aromatic carbocycles. The zero-order valence-electron chi connectivity index (χ0n) is 13.7. The smallest absolute Gasteiger partial charge is 0.420 e. The Morgan fingerprint density at radius 2 is 2.04 bits per heavy atom. The van der Waals surface area contributed by atoms with Crippen LogP contribution in [0.5, 0.6) is 5.75 Å². The number of ether oxygens (including phenoxy) is 1. The molecule has 3 rings (SSSR count). The number of nitrogens with one attached hydrogen (secondary N) is 1. The average molecular weight is 427 g/mol. The van der Waals surface area contributed by atoms with Crippen LogP contribution in [0, 0.1) is 0 Å². The van der Waals surface area contributed by atoms with Gasteiger partial charge < -0.3 is 10.1 Å². The van der Waals surface area contributed by atoms with Crippen LogP contribution in [0.2, 0.25) is 0 Å². The van der Waals surface area contributed by atoms with Crippen molar-refractivity contribution in [1.29, 1.82) is 0 Å². The van der Waals surface area contributed by atoms with E-state index in [9.17, 15) is 18.0 Å². The Morgan fingerprint density at radius 3 is 2.69 bits per heavy atom. The van der Waals surface area contributed by atoms with E-state index in [4.69, 9.17) is 4.74 Å². The van der Waals surface area contributed by atoms with Crippen molar-refractivity contribution in [3.05, 3.63) is 52.0 Å². The molecule has 1 N–H and O–H groups in total. The molecule has 0 unspecified atom stereocenters. The number of rotatable bonds is 3. The van der Waals surface area contributed by atoms with Crippen LogP contribution < -0.4 is 10.1 Å². The van der Waals surface area contributed by atoms with Crippen LogP contribution in [0.4, 0.5) is 24.5 Å². The molecule has 0 saturated heterocycles. The number of carbonyl (C=O) groups is 1. The van der Waals surface area contributed by atoms with E-state index in [-0.39, 0.29) is 30.2 Å². The van der Waals surface area contributed by atoms with E-state index in [0.717, 1.165) is 10.5 Å². The number of fused-ring (bicyclic) bond motifs is 1. The van der Waals surface area contributed by atoms with Crippen LogP contribution in [0.25, 0.3) is 0 Å². The van der Waals surface area contributed by atoms with Gasteiger partial charge in [0.1, 0.15) is 5.75 Å². The van der Waals surface area contributed by atoms with Gasteiger partial charge in [0.2, 0.25) is 5.91 Å². The normalized spacial score (nSPS) is 14.2. The van der Waals surface area contributed by atoms with E-state index in [1.807, 2.05) is 6.07 Å². The number of anilines is 1. The van der Waals surface area contributed by atoms with Crippen molar-refractivity contribution < 1.29 is 22.7 Å². The van der Waals surface area contributed by atoms with Gasteiger partial charge in [-0.3, -0.25) is 4.79 Å². The van der Waals surface area contributed by atoms with Gasteiger partial charge in [-0.2, -0.15) is 13.2 Å². The summed E-state index contributed by atoms with van der Waals surface area (Å²) in [5.41, 5.74) is 0.461. The third-order valence-corrected chi connectivity index (χ3v) is 4.21. The quantitative estimate of drug-likeness (QED) is 0.720. The van der Waals surface area contributed by atoms with Crippen molar-refractivity contribution >= 4 is 38.9 Å². The van der Waals surface area contributed by atoms with Crippen LogP contribution in [-0.2, 0) is 11.0 Å². The van der Waals surface area contributed by atoms with Crippen molar-refractivity contribution in [3.8, 4) is 5.75 Å². The SMILES string of the molecule is CCOc1cc2c(cc1C(F)(F)F)NC(=O)CC(c1cccc(Br)c1)=N2. The number of amides is 1. The number of benzene rings is 2. The Kier molecular flexibility index (Phi) is 5.04. The predicted molar refractivity (Wildman–Crippen MR) is 96.2 cm³/mol. The zero-order valence-corrected chi connectivity index (χ0v) is 15.2. The molecule has 0 saturated carbocycles. The molecule has 0 radical (unpaired) electrons. The van der Waals surface area contributed by atoms with E-state index in [1.54, 1.807) is 25.1 Å². The highest BCUT2D eigenvalue weighted by Crippen LogP contribution is 2.43. The van der Waals surface area contributed by atoms with E-state index in [2.05, 4.69) is 26.2 Å². The van der Waals surface area contributed by atoms with Crippen molar-refractivity contribution in [1.82, 2.24) is 0 Å². The van der Waals surface area contributed by atoms with Crippen LogP contribution in [0.3, 0.4) is 0 Å². The largest absolute Gasteiger partial charge is 0.493 e. The van der Waals surface area contributed by atoms with Gasteiger partial charge in [-0.15, -0.1) is 0 Å². The molecule has 0 aliphatic carbocycles. The molecule has 1 amide bonds. The average Bonchev–Trinajstić information content (AvgIpc) is 2.71. The number of halogens is 4. The minimum Gasteiger partial charge on any atom is -0.493 e. The Bertz CT molecular complexity index is 894. The standard InChI is InChI=1S/C18H14BrF3N2O2/c1-2-26-16-8-15-14(7-12(16)18(20,21)22)24-17(25)9-13(23-15)10-4-3-5-11(19)6-10/h3-8H,2,9H2,1H3,(H,24,25). The van der Waals surface area contributed by atoms with E-state index in [1.165, 1.54) is 6.07 Å². The summed E-state index contributed by atoms with van der Waals surface area (Å²) in [7, 11) is 0. The molecule has 1 aliphatic rings. The van der Waals surface area contributed by atoms with Gasteiger partial charge >= 0.3 is 6.18 Å². The van der Waals surface area contributed by atoms with Gasteiger partial charge in [-0.1, -0.05) is 28.1 Å². The lowest BCUT2D eigenvalue weighted by atomic mass is 10.1. The van der Waals surface area contributed by atoms with E-state index in [0.29, 0.717) is 11.3 Å². The minimum absolute atomic E-state index is 0.00998. The van der Waals surface area contributed by atoms with Gasteiger partial charge in [-0.05, 0) is 30.7 Å². The molecular formula is C18H14BrF3N2O2. The predicted octanol–water partition coefficient (Wildman–Crippen LogP) is 5.33. The maximum absolute atomic E-state index is 13.3. The molecule has 8 heteroatoms. The second kappa shape index (κ2) is 7.11. The highest BCUT2D eigenvalue weighted by molar-refractivity contribution is 9.10. The Balaban J connectivity index is 2.16. The van der Waals surface area contributed by atoms with Crippen LogP contribution in [0.1, 0.15) is 24.5 Å². The summed E-state index contributed by atoms with van der Waals surface area (Å²) in [5.74, 6) is -0.744. The summed E-state index contributed by atoms with van der Waals surface area (Å²) in [6, 6.07) is 9.29. The fourth-order valence-corrected chi connectivity index (χ4v) is 3.02. The molecule has 26 heavy (non-hydrogen) atoms. The number of hydrogen-bond acceptors (Lipinski definition) is 3. The Morgan fingerprint density at radius 1 is 1.27 bits per heavy atom. The molecule has 1 heterocycles. The minimum atomic E-state index is -4.60. The molecule has 0 spiro atoms. The van der Waals surface area contributed by atoms with Crippen LogP contribution in [0.15, 0.2) is 45.9 Å². The summed E-state index contributed by atoms with van der Waals surface area (Å²) in [4.78, 5) is 16.6. The maximum atomic E-state index is 13.3. The third kappa shape index (κ3) is 3.90. The summed E-state index contributed by atoms with van der Waals surface area (Å²) in [6.45, 7) is 1.68. The maximum Gasteiger partial charge on any atom is 0.420 e. The number of nitrogens with zero attached hydrogens (tertiary/aromatic N) is 1. The van der Waals surface area contributed by atoms with Gasteiger partial charge in [0.25, 0.3) is 0 Å². The fraction of sp³-hybridized carbons (Fsp3) is 0.222. The number of aliphatic imine (C=N–C) groups is 1. The van der Waals surface area contributed by atoms with E-state index >= 15 is 0 Å². The van der Waals surface area contributed by atoms with Crippen molar-refractivity contribution in [2.24, 2.45) is 4.99 Å². The molecule has 1 aliphatic heterocycles. The molecule has 136 valence electrons. The molecule has 0 bridgehead atoms. The third-order valence-electron chi connectivity index (χ3n) is 3.72. The highest BCUT2D eigenvalue weighted by Gasteiger charge is 2.36. The van der Waals surface area contributed by atoms with Crippen molar-refractivity contribution in [3.63, 3.8) is 0 Å². The molecule has 0 aromatic heterocycles. The van der Waals surface area contributed by atoms with Gasteiger partial charge in [-0.25, -0.2) is 4.99 Å². The number of hydrogen-bond donors (Lipinski definition) is 1. The Labute approximate surface area is 156 Å². The molecule has 4 nitrogen and oxygen atoms in total. The molecule has 2 aromatic rings. The lowest BCUT2D eigenvalue weighted by Gasteiger charge is -2.16. The number of alkyl halides is 3. The fourth-order valence-electron chi connectivity index (χ4n) is 2.62. The molecule has 0 fully saturated rings. The summed E-state index contributed by atoms with van der Waals surface area (Å²) >= 11 is 3.36. The molecule has 0 atom stereocenters. The highest BCUT2D eigenvalue weighted by atomic mass is 79.9. The van der Waals surface area contributed by atoms with Gasteiger partial charge in [0, 0.05) is 10.5 Å². The summed E-state index contributed by atoms with van der Waals surface area (Å²) < 4.78 is 45.8. The first-order chi connectivity index (χ1) is 12.3. The van der Waals surface area contributed by atoms with Crippen molar-refractivity contribution in [2.45, 2.75) is 19.5 Å². The lowest BCUT2D eigenvalue weighted by molar-refractivity contribution is -0.138. The monoisotopic (exact) mass is 426 g/mol. The second-order valence-electron chi connectivity index (χ2n) is 5.59. The summed E-state index contributed by atoms with van der Waals surface area (Å²) in [6.07, 6.45) is -4.65. The zero-order chi connectivity index (χ0) is 18.9. The van der Waals surface area contributed by atoms with E-state index < -0.39 is 17.6 Å². The molecular weight excluding hydrogens is 413 g/mol.